The zero-order valence-corrected chi connectivity index (χ0v) is 12.2. The number of hydrogen-bond acceptors (Lipinski definition) is 5. The van der Waals surface area contributed by atoms with E-state index in [0.717, 1.165) is 10.2 Å². The molecule has 1 aromatic heterocycles. The summed E-state index contributed by atoms with van der Waals surface area (Å²) in [5.41, 5.74) is -0.388. The summed E-state index contributed by atoms with van der Waals surface area (Å²) in [6, 6.07) is 7.57. The first-order chi connectivity index (χ1) is 9.40. The highest BCUT2D eigenvalue weighted by Crippen LogP contribution is 2.37. The van der Waals surface area contributed by atoms with Crippen LogP contribution in [0.2, 0.25) is 0 Å². The molecule has 0 amide bonds. The van der Waals surface area contributed by atoms with E-state index in [9.17, 15) is 18.3 Å². The van der Waals surface area contributed by atoms with Crippen molar-refractivity contribution in [2.24, 2.45) is 5.41 Å². The Bertz CT molecular complexity index is 748. The summed E-state index contributed by atoms with van der Waals surface area (Å²) in [6.45, 7) is 0. The van der Waals surface area contributed by atoms with Gasteiger partial charge in [-0.05, 0) is 18.6 Å². The highest BCUT2D eigenvalue weighted by Gasteiger charge is 2.48. The number of hydrogen-bond donors (Lipinski definition) is 1. The molecule has 0 spiro atoms. The molecule has 0 aliphatic carbocycles. The van der Waals surface area contributed by atoms with Crippen molar-refractivity contribution in [3.05, 3.63) is 29.3 Å². The number of nitrogens with zero attached hydrogens (tertiary/aromatic N) is 1. The molecule has 1 unspecified atom stereocenters. The lowest BCUT2D eigenvalue weighted by molar-refractivity contribution is -0.147. The van der Waals surface area contributed by atoms with Crippen molar-refractivity contribution < 1.29 is 18.3 Å². The second-order valence-corrected chi connectivity index (χ2v) is 8.48. The van der Waals surface area contributed by atoms with Crippen molar-refractivity contribution in [3.8, 4) is 0 Å². The fourth-order valence-corrected chi connectivity index (χ4v) is 5.75. The minimum absolute atomic E-state index is 0.0514. The van der Waals surface area contributed by atoms with Crippen LogP contribution in [0.5, 0.6) is 0 Å². The van der Waals surface area contributed by atoms with Gasteiger partial charge in [0, 0.05) is 6.42 Å². The summed E-state index contributed by atoms with van der Waals surface area (Å²) in [5, 5.41) is 10.1. The molecule has 1 saturated heterocycles. The zero-order valence-electron chi connectivity index (χ0n) is 10.6. The first kappa shape index (κ1) is 13.5. The lowest BCUT2D eigenvalue weighted by Gasteiger charge is -2.20. The monoisotopic (exact) mass is 311 g/mol. The van der Waals surface area contributed by atoms with Crippen LogP contribution in [0, 0.1) is 5.41 Å². The Balaban J connectivity index is 1.97. The number of carboxylic acid groups (broad SMARTS) is 1. The molecule has 20 heavy (non-hydrogen) atoms. The number of carboxylic acids is 1. The van der Waals surface area contributed by atoms with Gasteiger partial charge < -0.3 is 5.11 Å². The van der Waals surface area contributed by atoms with Crippen LogP contribution in [0.1, 0.15) is 11.4 Å². The van der Waals surface area contributed by atoms with Crippen LogP contribution < -0.4 is 0 Å². The number of sulfone groups is 1. The maximum absolute atomic E-state index is 11.6. The van der Waals surface area contributed by atoms with Gasteiger partial charge in [-0.25, -0.2) is 13.4 Å². The SMILES string of the molecule is O=C(O)C1(Cc2nc3ccccc3s2)CCS(=O)(=O)C1. The van der Waals surface area contributed by atoms with Crippen LogP contribution in [-0.4, -0.2) is 36.0 Å². The van der Waals surface area contributed by atoms with Gasteiger partial charge in [0.05, 0.1) is 32.1 Å². The molecule has 106 valence electrons. The summed E-state index contributed by atoms with van der Waals surface area (Å²) < 4.78 is 24.3. The van der Waals surface area contributed by atoms with Crippen LogP contribution in [0.15, 0.2) is 24.3 Å². The van der Waals surface area contributed by atoms with Crippen molar-refractivity contribution in [2.45, 2.75) is 12.8 Å². The molecule has 1 aromatic carbocycles. The van der Waals surface area contributed by atoms with Gasteiger partial charge >= 0.3 is 5.97 Å². The summed E-state index contributed by atoms with van der Waals surface area (Å²) in [5.74, 6) is -1.38. The number of fused-ring (bicyclic) bond motifs is 1. The number of para-hydroxylation sites is 1. The highest BCUT2D eigenvalue weighted by atomic mass is 32.2. The van der Waals surface area contributed by atoms with Gasteiger partial charge in [0.2, 0.25) is 0 Å². The predicted octanol–water partition coefficient (Wildman–Crippen LogP) is 1.73. The Hall–Kier alpha value is -1.47. The average Bonchev–Trinajstić information content (AvgIpc) is 2.90. The molecular formula is C13H13NO4S2. The number of benzene rings is 1. The van der Waals surface area contributed by atoms with Crippen molar-refractivity contribution in [1.29, 1.82) is 0 Å². The lowest BCUT2D eigenvalue weighted by Crippen LogP contribution is -2.34. The van der Waals surface area contributed by atoms with E-state index in [0.29, 0.717) is 5.01 Å². The summed E-state index contributed by atoms with van der Waals surface area (Å²) in [6.07, 6.45) is 0.349. The van der Waals surface area contributed by atoms with Gasteiger partial charge in [0.25, 0.3) is 0 Å². The highest BCUT2D eigenvalue weighted by molar-refractivity contribution is 7.91. The number of aliphatic carboxylic acids is 1. The average molecular weight is 311 g/mol. The molecule has 1 fully saturated rings. The first-order valence-electron chi connectivity index (χ1n) is 6.19. The minimum atomic E-state index is -3.25. The Labute approximate surface area is 120 Å². The summed E-state index contributed by atoms with van der Waals surface area (Å²) in [4.78, 5) is 16.0. The second kappa shape index (κ2) is 4.53. The molecule has 1 aliphatic rings. The quantitative estimate of drug-likeness (QED) is 0.933. The number of rotatable bonds is 3. The van der Waals surface area contributed by atoms with E-state index in [1.165, 1.54) is 11.3 Å². The maximum Gasteiger partial charge on any atom is 0.311 e. The van der Waals surface area contributed by atoms with Crippen LogP contribution >= 0.6 is 11.3 Å². The van der Waals surface area contributed by atoms with Crippen molar-refractivity contribution in [2.75, 3.05) is 11.5 Å². The summed E-state index contributed by atoms with van der Waals surface area (Å²) >= 11 is 1.43. The van der Waals surface area contributed by atoms with Gasteiger partial charge in [-0.3, -0.25) is 4.79 Å². The largest absolute Gasteiger partial charge is 0.481 e. The molecular weight excluding hydrogens is 298 g/mol. The van der Waals surface area contributed by atoms with Crippen LogP contribution in [0.25, 0.3) is 10.2 Å². The fourth-order valence-electron chi connectivity index (χ4n) is 2.58. The Kier molecular flexibility index (Phi) is 3.06. The second-order valence-electron chi connectivity index (χ2n) is 5.18. The van der Waals surface area contributed by atoms with Crippen LogP contribution in [0.4, 0.5) is 0 Å². The van der Waals surface area contributed by atoms with Gasteiger partial charge in [-0.15, -0.1) is 11.3 Å². The molecule has 0 bridgehead atoms. The van der Waals surface area contributed by atoms with Crippen molar-refractivity contribution in [3.63, 3.8) is 0 Å². The third kappa shape index (κ3) is 2.31. The molecule has 1 aliphatic heterocycles. The minimum Gasteiger partial charge on any atom is -0.481 e. The molecule has 7 heteroatoms. The Morgan fingerprint density at radius 2 is 2.15 bits per heavy atom. The van der Waals surface area contributed by atoms with Crippen LogP contribution in [-0.2, 0) is 21.1 Å². The van der Waals surface area contributed by atoms with Crippen molar-refractivity contribution in [1.82, 2.24) is 4.98 Å². The predicted molar refractivity (Wildman–Crippen MR) is 76.7 cm³/mol. The van der Waals surface area contributed by atoms with E-state index in [4.69, 9.17) is 0 Å². The number of thiazole rings is 1. The molecule has 0 saturated carbocycles. The van der Waals surface area contributed by atoms with Gasteiger partial charge in [-0.2, -0.15) is 0 Å². The van der Waals surface area contributed by atoms with Gasteiger partial charge in [-0.1, -0.05) is 12.1 Å². The maximum atomic E-state index is 11.6. The molecule has 2 aromatic rings. The first-order valence-corrected chi connectivity index (χ1v) is 8.82. The Morgan fingerprint density at radius 1 is 1.40 bits per heavy atom. The Morgan fingerprint density at radius 3 is 2.75 bits per heavy atom. The van der Waals surface area contributed by atoms with Gasteiger partial charge in [0.1, 0.15) is 0 Å². The fraction of sp³-hybridized carbons (Fsp3) is 0.385. The van der Waals surface area contributed by atoms with E-state index in [1.807, 2.05) is 24.3 Å². The standard InChI is InChI=1S/C13H13NO4S2/c15-12(16)13(5-6-20(17,18)8-13)7-11-14-9-3-1-2-4-10(9)19-11/h1-4H,5-8H2,(H,15,16). The molecule has 3 rings (SSSR count). The molecule has 2 heterocycles. The van der Waals surface area contributed by atoms with E-state index < -0.39 is 21.2 Å². The van der Waals surface area contributed by atoms with E-state index >= 15 is 0 Å². The van der Waals surface area contributed by atoms with Crippen molar-refractivity contribution >= 4 is 37.4 Å². The molecule has 0 radical (unpaired) electrons. The zero-order chi connectivity index (χ0) is 14.4. The van der Waals surface area contributed by atoms with E-state index in [2.05, 4.69) is 4.98 Å². The van der Waals surface area contributed by atoms with E-state index in [-0.39, 0.29) is 24.3 Å². The smallest absolute Gasteiger partial charge is 0.311 e. The van der Waals surface area contributed by atoms with E-state index in [1.54, 1.807) is 0 Å². The molecule has 1 N–H and O–H groups in total. The normalized spacial score (nSPS) is 25.0. The molecule has 1 atom stereocenters. The molecule has 5 nitrogen and oxygen atoms in total. The number of carbonyl (C=O) groups is 1. The summed E-state index contributed by atoms with van der Waals surface area (Å²) in [7, 11) is -3.25. The third-order valence-electron chi connectivity index (χ3n) is 3.67. The van der Waals surface area contributed by atoms with Gasteiger partial charge in [0.15, 0.2) is 9.84 Å². The number of aromatic nitrogens is 1. The topological polar surface area (TPSA) is 84.3 Å². The lowest BCUT2D eigenvalue weighted by atomic mass is 9.84. The van der Waals surface area contributed by atoms with Crippen LogP contribution in [0.3, 0.4) is 0 Å². The third-order valence-corrected chi connectivity index (χ3v) is 6.52.